The normalized spacial score (nSPS) is 12.1. The van der Waals surface area contributed by atoms with E-state index < -0.39 is 11.7 Å². The zero-order valence-corrected chi connectivity index (χ0v) is 16.6. The molecule has 0 spiro atoms. The topological polar surface area (TPSA) is 77.6 Å². The van der Waals surface area contributed by atoms with Crippen molar-refractivity contribution >= 4 is 16.9 Å². The predicted octanol–water partition coefficient (Wildman–Crippen LogP) is 3.00. The van der Waals surface area contributed by atoms with Gasteiger partial charge in [-0.2, -0.15) is 5.10 Å². The van der Waals surface area contributed by atoms with Crippen molar-refractivity contribution in [3.63, 3.8) is 0 Å². The molecule has 0 aliphatic rings. The molecule has 1 unspecified atom stereocenters. The van der Waals surface area contributed by atoms with Gasteiger partial charge in [-0.1, -0.05) is 6.92 Å². The van der Waals surface area contributed by atoms with Gasteiger partial charge in [0.25, 0.3) is 5.91 Å². The molecule has 0 saturated heterocycles. The molecule has 0 bridgehead atoms. The molecule has 1 amide bonds. The lowest BCUT2D eigenvalue weighted by Crippen LogP contribution is -2.37. The van der Waals surface area contributed by atoms with E-state index in [9.17, 15) is 9.59 Å². The summed E-state index contributed by atoms with van der Waals surface area (Å²) in [6.07, 6.45) is 3.74. The average Bonchev–Trinajstić information content (AvgIpc) is 3.13. The molecule has 2 heterocycles. The molecule has 28 heavy (non-hydrogen) atoms. The monoisotopic (exact) mass is 383 g/mol. The molecule has 0 saturated carbocycles. The van der Waals surface area contributed by atoms with Crippen LogP contribution < -0.4 is 10.4 Å². The second kappa shape index (κ2) is 8.29. The fraction of sp³-hybridized carbons (Fsp3) is 0.381. The van der Waals surface area contributed by atoms with Gasteiger partial charge in [-0.3, -0.25) is 9.48 Å². The van der Waals surface area contributed by atoms with Gasteiger partial charge in [-0.05, 0) is 38.0 Å². The maximum Gasteiger partial charge on any atom is 0.336 e. The summed E-state index contributed by atoms with van der Waals surface area (Å²) >= 11 is 0. The maximum absolute atomic E-state index is 12.6. The Bertz CT molecular complexity index is 1040. The first-order chi connectivity index (χ1) is 13.4. The summed E-state index contributed by atoms with van der Waals surface area (Å²) in [5.41, 5.74) is 1.96. The van der Waals surface area contributed by atoms with Gasteiger partial charge in [0.1, 0.15) is 11.3 Å². The van der Waals surface area contributed by atoms with E-state index in [0.717, 1.165) is 29.5 Å². The number of likely N-dealkylation sites (N-methyl/N-ethyl adjacent to an activating group) is 1. The van der Waals surface area contributed by atoms with Crippen LogP contribution in [0.15, 0.2) is 45.9 Å². The summed E-state index contributed by atoms with van der Waals surface area (Å²) < 4.78 is 12.9. The number of nitrogens with zero attached hydrogens (tertiary/aromatic N) is 3. The Kier molecular flexibility index (Phi) is 5.82. The Morgan fingerprint density at radius 3 is 2.79 bits per heavy atom. The van der Waals surface area contributed by atoms with Crippen molar-refractivity contribution in [1.29, 1.82) is 0 Å². The first kappa shape index (κ1) is 19.7. The van der Waals surface area contributed by atoms with Crippen molar-refractivity contribution in [2.24, 2.45) is 0 Å². The number of carbonyl (C=O) groups is 1. The molecular weight excluding hydrogens is 358 g/mol. The second-order valence-electron chi connectivity index (χ2n) is 6.76. The van der Waals surface area contributed by atoms with Gasteiger partial charge in [0.2, 0.25) is 0 Å². The van der Waals surface area contributed by atoms with Crippen LogP contribution in [0, 0.1) is 0 Å². The lowest BCUT2D eigenvalue weighted by atomic mass is 10.1. The number of aromatic nitrogens is 2. The lowest BCUT2D eigenvalue weighted by Gasteiger charge is -2.21. The summed E-state index contributed by atoms with van der Waals surface area (Å²) in [5.74, 6) is 0.338. The highest BCUT2D eigenvalue weighted by molar-refractivity contribution is 5.83. The van der Waals surface area contributed by atoms with E-state index in [1.165, 1.54) is 6.07 Å². The van der Waals surface area contributed by atoms with E-state index in [1.807, 2.05) is 30.8 Å². The number of rotatable bonds is 7. The summed E-state index contributed by atoms with van der Waals surface area (Å²) in [6.45, 7) is 6.95. The van der Waals surface area contributed by atoms with Crippen molar-refractivity contribution in [1.82, 2.24) is 14.7 Å². The Morgan fingerprint density at radius 2 is 2.11 bits per heavy atom. The molecule has 0 radical (unpaired) electrons. The minimum Gasteiger partial charge on any atom is -0.481 e. The molecule has 0 aliphatic heterocycles. The molecule has 0 aliphatic carbocycles. The van der Waals surface area contributed by atoms with Crippen LogP contribution >= 0.6 is 0 Å². The van der Waals surface area contributed by atoms with Gasteiger partial charge in [0.15, 0.2) is 6.10 Å². The van der Waals surface area contributed by atoms with Gasteiger partial charge in [-0.15, -0.1) is 0 Å². The molecule has 7 nitrogen and oxygen atoms in total. The molecule has 1 aromatic carbocycles. The Balaban J connectivity index is 1.71. The van der Waals surface area contributed by atoms with Crippen LogP contribution in [0.4, 0.5) is 0 Å². The molecule has 2 aromatic heterocycles. The van der Waals surface area contributed by atoms with Crippen molar-refractivity contribution in [2.45, 2.75) is 46.4 Å². The molecular formula is C21H25N3O4. The highest BCUT2D eigenvalue weighted by atomic mass is 16.5. The molecule has 0 N–H and O–H groups in total. The first-order valence-corrected chi connectivity index (χ1v) is 9.41. The van der Waals surface area contributed by atoms with Crippen LogP contribution in [0.5, 0.6) is 5.75 Å². The van der Waals surface area contributed by atoms with Crippen LogP contribution in [0.2, 0.25) is 0 Å². The minimum absolute atomic E-state index is 0.145. The number of hydrogen-bond acceptors (Lipinski definition) is 5. The van der Waals surface area contributed by atoms with Gasteiger partial charge < -0.3 is 14.1 Å². The third-order valence-corrected chi connectivity index (χ3v) is 4.65. The predicted molar refractivity (Wildman–Crippen MR) is 106 cm³/mol. The molecule has 3 aromatic rings. The fourth-order valence-electron chi connectivity index (χ4n) is 3.15. The number of fused-ring (bicyclic) bond motifs is 1. The SMILES string of the molecule is CCc1cc(=O)oc2cc(OC(C)C(=O)N(C)Cc3cnn(CC)c3)ccc12. The number of aryl methyl sites for hydroxylation is 2. The van der Waals surface area contributed by atoms with Crippen molar-refractivity contribution in [3.05, 3.63) is 58.2 Å². The highest BCUT2D eigenvalue weighted by Gasteiger charge is 2.20. The van der Waals surface area contributed by atoms with E-state index in [0.29, 0.717) is 17.9 Å². The second-order valence-corrected chi connectivity index (χ2v) is 6.76. The van der Waals surface area contributed by atoms with Crippen LogP contribution in [0.3, 0.4) is 0 Å². The number of carbonyl (C=O) groups excluding carboxylic acids is 1. The van der Waals surface area contributed by atoms with E-state index in [2.05, 4.69) is 5.10 Å². The van der Waals surface area contributed by atoms with Crippen LogP contribution in [0.25, 0.3) is 11.0 Å². The number of hydrogen-bond donors (Lipinski definition) is 0. The summed E-state index contributed by atoms with van der Waals surface area (Å²) in [7, 11) is 1.73. The molecule has 148 valence electrons. The quantitative estimate of drug-likeness (QED) is 0.586. The van der Waals surface area contributed by atoms with Crippen LogP contribution in [-0.2, 0) is 24.3 Å². The number of ether oxygens (including phenoxy) is 1. The molecule has 0 fully saturated rings. The number of benzene rings is 1. The van der Waals surface area contributed by atoms with Gasteiger partial charge in [-0.25, -0.2) is 4.79 Å². The maximum atomic E-state index is 12.6. The highest BCUT2D eigenvalue weighted by Crippen LogP contribution is 2.24. The third-order valence-electron chi connectivity index (χ3n) is 4.65. The van der Waals surface area contributed by atoms with Gasteiger partial charge >= 0.3 is 5.63 Å². The van der Waals surface area contributed by atoms with Crippen molar-refractivity contribution < 1.29 is 13.9 Å². The Morgan fingerprint density at radius 1 is 1.32 bits per heavy atom. The van der Waals surface area contributed by atoms with Gasteiger partial charge in [0, 0.05) is 49.4 Å². The summed E-state index contributed by atoms with van der Waals surface area (Å²) in [4.78, 5) is 26.0. The van der Waals surface area contributed by atoms with E-state index in [4.69, 9.17) is 9.15 Å². The first-order valence-electron chi connectivity index (χ1n) is 9.41. The molecule has 3 rings (SSSR count). The largest absolute Gasteiger partial charge is 0.481 e. The van der Waals surface area contributed by atoms with E-state index in [1.54, 1.807) is 37.2 Å². The summed E-state index contributed by atoms with van der Waals surface area (Å²) in [6, 6.07) is 6.80. The van der Waals surface area contributed by atoms with Gasteiger partial charge in [0.05, 0.1) is 6.20 Å². The third kappa shape index (κ3) is 4.24. The van der Waals surface area contributed by atoms with Crippen molar-refractivity contribution in [3.8, 4) is 5.75 Å². The summed E-state index contributed by atoms with van der Waals surface area (Å²) in [5, 5.41) is 5.09. The van der Waals surface area contributed by atoms with E-state index >= 15 is 0 Å². The van der Waals surface area contributed by atoms with Crippen LogP contribution in [0.1, 0.15) is 31.9 Å². The lowest BCUT2D eigenvalue weighted by molar-refractivity contribution is -0.137. The molecule has 7 heteroatoms. The number of amides is 1. The standard InChI is InChI=1S/C21H25N3O4/c1-5-16-9-20(25)28-19-10-17(7-8-18(16)19)27-14(3)21(26)23(4)12-15-11-22-24(6-2)13-15/h7-11,13-14H,5-6,12H2,1-4H3. The Hall–Kier alpha value is -3.09. The van der Waals surface area contributed by atoms with Crippen LogP contribution in [-0.4, -0.2) is 33.7 Å². The Labute approximate surface area is 163 Å². The zero-order valence-electron chi connectivity index (χ0n) is 16.6. The minimum atomic E-state index is -0.676. The molecule has 1 atom stereocenters. The fourth-order valence-corrected chi connectivity index (χ4v) is 3.15. The van der Waals surface area contributed by atoms with E-state index in [-0.39, 0.29) is 5.91 Å². The average molecular weight is 383 g/mol. The van der Waals surface area contributed by atoms with Crippen molar-refractivity contribution in [2.75, 3.05) is 7.05 Å². The smallest absolute Gasteiger partial charge is 0.336 e. The zero-order chi connectivity index (χ0) is 20.3.